The van der Waals surface area contributed by atoms with Gasteiger partial charge in [0.25, 0.3) is 5.91 Å². The number of nitrogens with zero attached hydrogens (tertiary/aromatic N) is 4. The first kappa shape index (κ1) is 21.9. The van der Waals surface area contributed by atoms with E-state index in [-0.39, 0.29) is 17.6 Å². The normalized spacial score (nSPS) is 21.2. The number of likely N-dealkylation sites (N-methyl/N-ethyl adjacent to an activating group) is 1. The standard InChI is InChI=1S/C26H31FN4O2/c1-28(2)21-11-13-29(17-21)24-9-7-20(16-23(24)27)31-14-10-18-15-19(6-8-22(18)26(31)33)30-12-4-3-5-25(30)32/h6-9,15-16,21H,3-5,10-14,17H2,1-2H3/t21-/m1/s1. The summed E-state index contributed by atoms with van der Waals surface area (Å²) >= 11 is 0. The van der Waals surface area contributed by atoms with E-state index in [1.807, 2.05) is 29.2 Å². The van der Waals surface area contributed by atoms with Crippen LogP contribution in [0.2, 0.25) is 0 Å². The zero-order chi connectivity index (χ0) is 23.1. The highest BCUT2D eigenvalue weighted by Crippen LogP contribution is 2.32. The molecule has 2 aromatic carbocycles. The SMILES string of the molecule is CN(C)[C@@H]1CCN(c2ccc(N3CCc4cc(N5CCCCC5=O)ccc4C3=O)cc2F)C1. The van der Waals surface area contributed by atoms with Gasteiger partial charge in [-0.25, -0.2) is 4.39 Å². The molecule has 1 atom stereocenters. The van der Waals surface area contributed by atoms with E-state index in [2.05, 4.69) is 23.9 Å². The van der Waals surface area contributed by atoms with Gasteiger partial charge in [0, 0.05) is 55.6 Å². The van der Waals surface area contributed by atoms with Gasteiger partial charge in [-0.15, -0.1) is 0 Å². The predicted molar refractivity (Wildman–Crippen MR) is 129 cm³/mol. The number of hydrogen-bond donors (Lipinski definition) is 0. The van der Waals surface area contributed by atoms with Crippen LogP contribution in [0.25, 0.3) is 0 Å². The van der Waals surface area contributed by atoms with Crippen LogP contribution in [0.1, 0.15) is 41.6 Å². The molecule has 2 aromatic rings. The topological polar surface area (TPSA) is 47.1 Å². The van der Waals surface area contributed by atoms with Crippen LogP contribution in [-0.2, 0) is 11.2 Å². The summed E-state index contributed by atoms with van der Waals surface area (Å²) in [6, 6.07) is 11.2. The minimum Gasteiger partial charge on any atom is -0.368 e. The highest BCUT2D eigenvalue weighted by molar-refractivity contribution is 6.08. The number of piperidine rings is 1. The molecule has 7 heteroatoms. The van der Waals surface area contributed by atoms with Crippen LogP contribution in [0.15, 0.2) is 36.4 Å². The van der Waals surface area contributed by atoms with Gasteiger partial charge in [0.1, 0.15) is 5.82 Å². The van der Waals surface area contributed by atoms with Crippen LogP contribution in [0.4, 0.5) is 21.5 Å². The van der Waals surface area contributed by atoms with Crippen LogP contribution in [0, 0.1) is 5.82 Å². The summed E-state index contributed by atoms with van der Waals surface area (Å²) in [6.45, 7) is 2.86. The van der Waals surface area contributed by atoms with Gasteiger partial charge >= 0.3 is 0 Å². The van der Waals surface area contributed by atoms with Crippen LogP contribution < -0.4 is 14.7 Å². The number of benzene rings is 2. The average Bonchev–Trinajstić information content (AvgIpc) is 3.30. The predicted octanol–water partition coefficient (Wildman–Crippen LogP) is 3.69. The van der Waals surface area contributed by atoms with E-state index in [4.69, 9.17) is 0 Å². The van der Waals surface area contributed by atoms with Crippen molar-refractivity contribution in [2.75, 3.05) is 55.0 Å². The molecule has 0 aromatic heterocycles. The summed E-state index contributed by atoms with van der Waals surface area (Å²) in [7, 11) is 4.11. The molecule has 3 aliphatic heterocycles. The molecule has 2 amide bonds. The Morgan fingerprint density at radius 1 is 0.909 bits per heavy atom. The fourth-order valence-electron chi connectivity index (χ4n) is 5.27. The van der Waals surface area contributed by atoms with Crippen molar-refractivity contribution in [1.29, 1.82) is 0 Å². The van der Waals surface area contributed by atoms with Gasteiger partial charge < -0.3 is 19.6 Å². The van der Waals surface area contributed by atoms with E-state index in [1.165, 1.54) is 6.07 Å². The highest BCUT2D eigenvalue weighted by Gasteiger charge is 2.30. The van der Waals surface area contributed by atoms with Crippen molar-refractivity contribution in [2.24, 2.45) is 0 Å². The third kappa shape index (κ3) is 4.10. The minimum atomic E-state index is -0.288. The maximum atomic E-state index is 15.1. The molecule has 2 saturated heterocycles. The van der Waals surface area contributed by atoms with Crippen molar-refractivity contribution in [3.8, 4) is 0 Å². The Morgan fingerprint density at radius 2 is 1.70 bits per heavy atom. The summed E-state index contributed by atoms with van der Waals surface area (Å²) < 4.78 is 15.1. The van der Waals surface area contributed by atoms with E-state index in [0.29, 0.717) is 42.4 Å². The lowest BCUT2D eigenvalue weighted by molar-refractivity contribution is -0.119. The molecule has 2 fully saturated rings. The monoisotopic (exact) mass is 450 g/mol. The summed E-state index contributed by atoms with van der Waals surface area (Å²) in [6.07, 6.45) is 4.22. The molecule has 0 radical (unpaired) electrons. The smallest absolute Gasteiger partial charge is 0.258 e. The Hall–Kier alpha value is -2.93. The van der Waals surface area contributed by atoms with Gasteiger partial charge in [0.15, 0.2) is 0 Å². The van der Waals surface area contributed by atoms with Crippen LogP contribution in [-0.4, -0.2) is 63.0 Å². The molecule has 33 heavy (non-hydrogen) atoms. The summed E-state index contributed by atoms with van der Waals surface area (Å²) in [5.74, 6) is -0.256. The largest absolute Gasteiger partial charge is 0.368 e. The first-order valence-corrected chi connectivity index (χ1v) is 11.9. The molecule has 174 valence electrons. The molecule has 0 aliphatic carbocycles. The molecule has 0 bridgehead atoms. The lowest BCUT2D eigenvalue weighted by Gasteiger charge is -2.31. The molecule has 0 saturated carbocycles. The third-order valence-electron chi connectivity index (χ3n) is 7.28. The second-order valence-electron chi connectivity index (χ2n) is 9.54. The van der Waals surface area contributed by atoms with Crippen molar-refractivity contribution >= 4 is 28.9 Å². The van der Waals surface area contributed by atoms with E-state index >= 15 is 4.39 Å². The van der Waals surface area contributed by atoms with Crippen LogP contribution >= 0.6 is 0 Å². The van der Waals surface area contributed by atoms with Crippen molar-refractivity contribution in [1.82, 2.24) is 4.90 Å². The number of hydrogen-bond acceptors (Lipinski definition) is 4. The minimum absolute atomic E-state index is 0.117. The molecule has 6 nitrogen and oxygen atoms in total. The number of amides is 2. The average molecular weight is 451 g/mol. The third-order valence-corrected chi connectivity index (χ3v) is 7.28. The van der Waals surface area contributed by atoms with Gasteiger partial charge in [0.05, 0.1) is 5.69 Å². The Morgan fingerprint density at radius 3 is 2.42 bits per heavy atom. The molecule has 3 heterocycles. The number of rotatable bonds is 4. The zero-order valence-electron chi connectivity index (χ0n) is 19.4. The maximum Gasteiger partial charge on any atom is 0.258 e. The zero-order valence-corrected chi connectivity index (χ0v) is 19.4. The quantitative estimate of drug-likeness (QED) is 0.713. The van der Waals surface area contributed by atoms with Crippen molar-refractivity contribution in [3.05, 3.63) is 53.3 Å². The molecule has 5 rings (SSSR count). The summed E-state index contributed by atoms with van der Waals surface area (Å²) in [5.41, 5.74) is 3.65. The van der Waals surface area contributed by atoms with Gasteiger partial charge in [-0.1, -0.05) is 0 Å². The Balaban J connectivity index is 1.34. The lowest BCUT2D eigenvalue weighted by Crippen LogP contribution is -2.38. The summed E-state index contributed by atoms with van der Waals surface area (Å²) in [5, 5.41) is 0. The van der Waals surface area contributed by atoms with Gasteiger partial charge in [0.2, 0.25) is 5.91 Å². The summed E-state index contributed by atoms with van der Waals surface area (Å²) in [4.78, 5) is 33.3. The number of carbonyl (C=O) groups excluding carboxylic acids is 2. The van der Waals surface area contributed by atoms with E-state index in [9.17, 15) is 9.59 Å². The first-order chi connectivity index (χ1) is 15.9. The van der Waals surface area contributed by atoms with E-state index in [1.54, 1.807) is 11.0 Å². The molecular weight excluding hydrogens is 419 g/mol. The molecule has 0 N–H and O–H groups in total. The highest BCUT2D eigenvalue weighted by atomic mass is 19.1. The van der Waals surface area contributed by atoms with E-state index < -0.39 is 0 Å². The van der Waals surface area contributed by atoms with E-state index in [0.717, 1.165) is 50.1 Å². The van der Waals surface area contributed by atoms with Crippen LogP contribution in [0.5, 0.6) is 0 Å². The fourth-order valence-corrected chi connectivity index (χ4v) is 5.27. The van der Waals surface area contributed by atoms with Crippen molar-refractivity contribution < 1.29 is 14.0 Å². The molecule has 3 aliphatic rings. The molecule has 0 unspecified atom stereocenters. The first-order valence-electron chi connectivity index (χ1n) is 11.9. The lowest BCUT2D eigenvalue weighted by atomic mass is 9.96. The maximum absolute atomic E-state index is 15.1. The van der Waals surface area contributed by atoms with Crippen LogP contribution in [0.3, 0.4) is 0 Å². The Bertz CT molecular complexity index is 1090. The number of anilines is 3. The molecular formula is C26H31FN4O2. The number of carbonyl (C=O) groups is 2. The van der Waals surface area contributed by atoms with Gasteiger partial charge in [-0.05, 0) is 81.7 Å². The van der Waals surface area contributed by atoms with Gasteiger partial charge in [-0.3, -0.25) is 9.59 Å². The van der Waals surface area contributed by atoms with Crippen molar-refractivity contribution in [2.45, 2.75) is 38.1 Å². The second-order valence-corrected chi connectivity index (χ2v) is 9.54. The van der Waals surface area contributed by atoms with Gasteiger partial charge in [-0.2, -0.15) is 0 Å². The Kier molecular flexibility index (Phi) is 5.83. The Labute approximate surface area is 194 Å². The number of halogens is 1. The fraction of sp³-hybridized carbons (Fsp3) is 0.462. The van der Waals surface area contributed by atoms with Crippen molar-refractivity contribution in [3.63, 3.8) is 0 Å². The second kappa shape index (κ2) is 8.78. The molecule has 0 spiro atoms. The number of fused-ring (bicyclic) bond motifs is 1.